The van der Waals surface area contributed by atoms with Crippen LogP contribution < -0.4 is 10.2 Å². The molecule has 0 radical (unpaired) electrons. The molecule has 1 fully saturated rings. The molecule has 0 aromatic carbocycles. The van der Waals surface area contributed by atoms with Crippen molar-refractivity contribution in [2.24, 2.45) is 0 Å². The molecule has 0 saturated carbocycles. The number of pyridine rings is 1. The topological polar surface area (TPSA) is 49.6 Å². The van der Waals surface area contributed by atoms with Crippen LogP contribution in [-0.4, -0.2) is 28.5 Å². The van der Waals surface area contributed by atoms with Crippen LogP contribution in [0, 0.1) is 0 Å². The van der Waals surface area contributed by atoms with Gasteiger partial charge in [-0.3, -0.25) is 9.20 Å². The van der Waals surface area contributed by atoms with Crippen LogP contribution in [0.15, 0.2) is 29.0 Å². The first-order valence-corrected chi connectivity index (χ1v) is 6.18. The van der Waals surface area contributed by atoms with Crippen molar-refractivity contribution in [3.05, 3.63) is 29.0 Å². The number of hydrogen-bond donors (Lipinski definition) is 1. The van der Waals surface area contributed by atoms with Gasteiger partial charge in [0.25, 0.3) is 0 Å². The molecule has 0 spiro atoms. The van der Waals surface area contributed by atoms with Crippen LogP contribution in [0.1, 0.15) is 6.42 Å². The van der Waals surface area contributed by atoms with Crippen molar-refractivity contribution in [3.63, 3.8) is 0 Å². The number of nitrogens with zero attached hydrogens (tertiary/aromatic N) is 3. The molecular weight excluding hydrogens is 284 g/mol. The lowest BCUT2D eigenvalue weighted by Crippen LogP contribution is -2.45. The standard InChI is InChI=1S/C11H11BrN4O/c12-8-2-1-4-16-10(6-13-11(8)16)15-5-3-9(17)14-7-15/h1-2,4,6H,3,5,7H2,(H,14,17). The summed E-state index contributed by atoms with van der Waals surface area (Å²) in [7, 11) is 0. The summed E-state index contributed by atoms with van der Waals surface area (Å²) >= 11 is 3.47. The van der Waals surface area contributed by atoms with Gasteiger partial charge in [-0.15, -0.1) is 0 Å². The lowest BCUT2D eigenvalue weighted by molar-refractivity contribution is -0.121. The largest absolute Gasteiger partial charge is 0.338 e. The average molecular weight is 295 g/mol. The predicted molar refractivity (Wildman–Crippen MR) is 67.9 cm³/mol. The second kappa shape index (κ2) is 4.03. The van der Waals surface area contributed by atoms with Crippen molar-refractivity contribution in [1.82, 2.24) is 14.7 Å². The van der Waals surface area contributed by atoms with E-state index in [1.165, 1.54) is 0 Å². The van der Waals surface area contributed by atoms with E-state index in [0.717, 1.165) is 22.5 Å². The quantitative estimate of drug-likeness (QED) is 0.864. The van der Waals surface area contributed by atoms with Crippen molar-refractivity contribution >= 4 is 33.3 Å². The molecule has 5 nitrogen and oxygen atoms in total. The lowest BCUT2D eigenvalue weighted by Gasteiger charge is -2.28. The smallest absolute Gasteiger partial charge is 0.223 e. The maximum Gasteiger partial charge on any atom is 0.223 e. The van der Waals surface area contributed by atoms with E-state index in [2.05, 4.69) is 31.1 Å². The summed E-state index contributed by atoms with van der Waals surface area (Å²) < 4.78 is 2.98. The second-order valence-corrected chi connectivity index (χ2v) is 4.79. The second-order valence-electron chi connectivity index (χ2n) is 3.94. The fourth-order valence-electron chi connectivity index (χ4n) is 1.98. The maximum absolute atomic E-state index is 11.1. The molecule has 6 heteroatoms. The molecule has 3 heterocycles. The highest BCUT2D eigenvalue weighted by Crippen LogP contribution is 2.23. The van der Waals surface area contributed by atoms with E-state index < -0.39 is 0 Å². The highest BCUT2D eigenvalue weighted by Gasteiger charge is 2.18. The van der Waals surface area contributed by atoms with Gasteiger partial charge in [-0.25, -0.2) is 4.98 Å². The Kier molecular flexibility index (Phi) is 2.51. The van der Waals surface area contributed by atoms with E-state index >= 15 is 0 Å². The number of hydrogen-bond acceptors (Lipinski definition) is 3. The third kappa shape index (κ3) is 1.78. The Morgan fingerprint density at radius 1 is 1.47 bits per heavy atom. The molecule has 2 aromatic rings. The van der Waals surface area contributed by atoms with Gasteiger partial charge >= 0.3 is 0 Å². The number of nitrogens with one attached hydrogen (secondary N) is 1. The van der Waals surface area contributed by atoms with Gasteiger partial charge in [0.15, 0.2) is 5.65 Å². The van der Waals surface area contributed by atoms with E-state index in [0.29, 0.717) is 13.1 Å². The zero-order valence-electron chi connectivity index (χ0n) is 9.06. The number of aromatic nitrogens is 2. The van der Waals surface area contributed by atoms with Crippen LogP contribution >= 0.6 is 15.9 Å². The molecule has 3 rings (SSSR count). The van der Waals surface area contributed by atoms with Crippen LogP contribution in [0.4, 0.5) is 5.82 Å². The van der Waals surface area contributed by atoms with Crippen molar-refractivity contribution < 1.29 is 4.79 Å². The summed E-state index contributed by atoms with van der Waals surface area (Å²) in [5.41, 5.74) is 0.888. The molecule has 0 aliphatic carbocycles. The summed E-state index contributed by atoms with van der Waals surface area (Å²) in [6.45, 7) is 1.27. The Bertz CT molecular complexity index is 570. The van der Waals surface area contributed by atoms with Crippen molar-refractivity contribution in [2.45, 2.75) is 6.42 Å². The number of imidazole rings is 1. The third-order valence-corrected chi connectivity index (χ3v) is 3.49. The molecule has 1 aliphatic heterocycles. The Hall–Kier alpha value is -1.56. The molecule has 2 aromatic heterocycles. The van der Waals surface area contributed by atoms with Gasteiger partial charge in [0.2, 0.25) is 5.91 Å². The van der Waals surface area contributed by atoms with Crippen LogP contribution in [0.5, 0.6) is 0 Å². The molecule has 17 heavy (non-hydrogen) atoms. The molecule has 1 aliphatic rings. The highest BCUT2D eigenvalue weighted by atomic mass is 79.9. The number of rotatable bonds is 1. The monoisotopic (exact) mass is 294 g/mol. The van der Waals surface area contributed by atoms with E-state index in [-0.39, 0.29) is 5.91 Å². The number of halogens is 1. The summed E-state index contributed by atoms with van der Waals surface area (Å²) in [5, 5.41) is 2.83. The van der Waals surface area contributed by atoms with Crippen LogP contribution in [0.3, 0.4) is 0 Å². The fourth-order valence-corrected chi connectivity index (χ4v) is 2.43. The fraction of sp³-hybridized carbons (Fsp3) is 0.273. The normalized spacial score (nSPS) is 16.3. The van der Waals surface area contributed by atoms with E-state index in [1.54, 1.807) is 0 Å². The van der Waals surface area contributed by atoms with Gasteiger partial charge in [-0.1, -0.05) is 0 Å². The first-order chi connectivity index (χ1) is 8.25. The number of carbonyl (C=O) groups excluding carboxylic acids is 1. The number of fused-ring (bicyclic) bond motifs is 1. The molecule has 1 amide bonds. The summed E-state index contributed by atoms with van der Waals surface area (Å²) in [4.78, 5) is 17.6. The van der Waals surface area contributed by atoms with Crippen LogP contribution in [-0.2, 0) is 4.79 Å². The molecule has 0 bridgehead atoms. The number of anilines is 1. The van der Waals surface area contributed by atoms with Gasteiger partial charge in [0.1, 0.15) is 5.82 Å². The van der Waals surface area contributed by atoms with E-state index in [1.807, 2.05) is 28.9 Å². The highest BCUT2D eigenvalue weighted by molar-refractivity contribution is 9.10. The zero-order valence-corrected chi connectivity index (χ0v) is 10.6. The molecule has 0 unspecified atom stereocenters. The zero-order chi connectivity index (χ0) is 11.8. The average Bonchev–Trinajstić information content (AvgIpc) is 2.75. The number of amides is 1. The van der Waals surface area contributed by atoms with Crippen molar-refractivity contribution in [1.29, 1.82) is 0 Å². The molecule has 88 valence electrons. The van der Waals surface area contributed by atoms with Crippen molar-refractivity contribution in [2.75, 3.05) is 18.1 Å². The summed E-state index contributed by atoms with van der Waals surface area (Å²) in [6.07, 6.45) is 4.33. The first-order valence-electron chi connectivity index (χ1n) is 5.39. The van der Waals surface area contributed by atoms with Gasteiger partial charge < -0.3 is 10.2 Å². The van der Waals surface area contributed by atoms with E-state index in [9.17, 15) is 4.79 Å². The lowest BCUT2D eigenvalue weighted by atomic mass is 10.3. The SMILES string of the molecule is O=C1CCN(c2cnc3c(Br)cccn23)CN1. The van der Waals surface area contributed by atoms with Gasteiger partial charge in [0.05, 0.1) is 17.3 Å². The van der Waals surface area contributed by atoms with Gasteiger partial charge in [-0.2, -0.15) is 0 Å². The molecule has 1 N–H and O–H groups in total. The first kappa shape index (κ1) is 10.6. The maximum atomic E-state index is 11.1. The minimum atomic E-state index is 0.108. The summed E-state index contributed by atoms with van der Waals surface area (Å²) in [5.74, 6) is 1.11. The molecule has 0 atom stereocenters. The predicted octanol–water partition coefficient (Wildman–Crippen LogP) is 1.38. The minimum absolute atomic E-state index is 0.108. The Morgan fingerprint density at radius 3 is 3.12 bits per heavy atom. The van der Waals surface area contributed by atoms with Crippen molar-refractivity contribution in [3.8, 4) is 0 Å². The third-order valence-electron chi connectivity index (χ3n) is 2.87. The van der Waals surface area contributed by atoms with Crippen LogP contribution in [0.2, 0.25) is 0 Å². The Labute approximate surface area is 107 Å². The Balaban J connectivity index is 2.01. The molecular formula is C11H11BrN4O. The Morgan fingerprint density at radius 2 is 2.35 bits per heavy atom. The molecule has 1 saturated heterocycles. The minimum Gasteiger partial charge on any atom is -0.338 e. The van der Waals surface area contributed by atoms with Crippen LogP contribution in [0.25, 0.3) is 5.65 Å². The van der Waals surface area contributed by atoms with Gasteiger partial charge in [0, 0.05) is 19.2 Å². The van der Waals surface area contributed by atoms with Gasteiger partial charge in [-0.05, 0) is 28.1 Å². The van der Waals surface area contributed by atoms with E-state index in [4.69, 9.17) is 0 Å². The number of carbonyl (C=O) groups is 1. The summed E-state index contributed by atoms with van der Waals surface area (Å²) in [6, 6.07) is 3.93.